The van der Waals surface area contributed by atoms with E-state index in [1.54, 1.807) is 6.08 Å². The standard InChI is InChI=1S/C20H22O2/c1-5-7-10-17-15(6-2)16-11-8-9-12-18(16)19(17)13-22-20(21)14(3)4/h1,6-12,14,19-21H,2,13H2,3-4H3/b10-7-. The Morgan fingerprint density at radius 3 is 2.77 bits per heavy atom. The fraction of sp³-hybridized carbons (Fsp3) is 0.300. The maximum absolute atomic E-state index is 9.91. The third-order valence-corrected chi connectivity index (χ3v) is 3.88. The first-order valence-corrected chi connectivity index (χ1v) is 7.48. The summed E-state index contributed by atoms with van der Waals surface area (Å²) in [6, 6.07) is 8.19. The molecule has 1 aliphatic rings. The number of terminal acetylenes is 1. The van der Waals surface area contributed by atoms with Gasteiger partial charge in [0.2, 0.25) is 0 Å². The lowest BCUT2D eigenvalue weighted by molar-refractivity contribution is -0.127. The Hall–Kier alpha value is -2.08. The van der Waals surface area contributed by atoms with Gasteiger partial charge < -0.3 is 9.84 Å². The maximum atomic E-state index is 9.91. The molecule has 1 N–H and O–H groups in total. The molecule has 114 valence electrons. The Labute approximate surface area is 132 Å². The molecule has 22 heavy (non-hydrogen) atoms. The van der Waals surface area contributed by atoms with Crippen LogP contribution in [0, 0.1) is 18.3 Å². The maximum Gasteiger partial charge on any atom is 0.156 e. The third-order valence-electron chi connectivity index (χ3n) is 3.88. The summed E-state index contributed by atoms with van der Waals surface area (Å²) in [4.78, 5) is 0. The van der Waals surface area contributed by atoms with Crippen molar-refractivity contribution in [3.8, 4) is 12.3 Å². The van der Waals surface area contributed by atoms with Gasteiger partial charge in [-0.15, -0.1) is 6.42 Å². The molecule has 0 saturated carbocycles. The van der Waals surface area contributed by atoms with E-state index < -0.39 is 6.29 Å². The molecule has 2 heteroatoms. The molecule has 0 spiro atoms. The zero-order chi connectivity index (χ0) is 16.1. The lowest BCUT2D eigenvalue weighted by atomic mass is 9.96. The normalized spacial score (nSPS) is 18.6. The summed E-state index contributed by atoms with van der Waals surface area (Å²) >= 11 is 0. The number of benzene rings is 1. The summed E-state index contributed by atoms with van der Waals surface area (Å²) in [5, 5.41) is 9.91. The minimum Gasteiger partial charge on any atom is -0.368 e. The highest BCUT2D eigenvalue weighted by Crippen LogP contribution is 2.43. The lowest BCUT2D eigenvalue weighted by Gasteiger charge is -2.20. The molecule has 0 amide bonds. The van der Waals surface area contributed by atoms with Gasteiger partial charge in [-0.1, -0.05) is 56.7 Å². The average Bonchev–Trinajstić information content (AvgIpc) is 2.83. The number of ether oxygens (including phenoxy) is 1. The molecule has 1 aromatic rings. The van der Waals surface area contributed by atoms with Crippen LogP contribution in [-0.2, 0) is 4.74 Å². The summed E-state index contributed by atoms with van der Waals surface area (Å²) in [6.07, 6.45) is 10.1. The van der Waals surface area contributed by atoms with Gasteiger partial charge in [0.1, 0.15) is 0 Å². The monoisotopic (exact) mass is 294 g/mol. The van der Waals surface area contributed by atoms with E-state index >= 15 is 0 Å². The van der Waals surface area contributed by atoms with Gasteiger partial charge in [0, 0.05) is 11.8 Å². The van der Waals surface area contributed by atoms with Gasteiger partial charge >= 0.3 is 0 Å². The van der Waals surface area contributed by atoms with Gasteiger partial charge in [0.25, 0.3) is 0 Å². The van der Waals surface area contributed by atoms with Gasteiger partial charge in [-0.25, -0.2) is 0 Å². The molecule has 0 heterocycles. The molecule has 2 nitrogen and oxygen atoms in total. The van der Waals surface area contributed by atoms with Gasteiger partial charge in [0.05, 0.1) is 6.61 Å². The number of fused-ring (bicyclic) bond motifs is 1. The largest absolute Gasteiger partial charge is 0.368 e. The Kier molecular flexibility index (Phi) is 5.38. The van der Waals surface area contributed by atoms with E-state index in [0.717, 1.165) is 16.7 Å². The molecule has 1 aromatic carbocycles. The zero-order valence-corrected chi connectivity index (χ0v) is 13.1. The van der Waals surface area contributed by atoms with Crippen LogP contribution in [0.15, 0.2) is 54.6 Å². The molecule has 0 saturated heterocycles. The van der Waals surface area contributed by atoms with E-state index in [4.69, 9.17) is 11.2 Å². The molecule has 0 radical (unpaired) electrons. The summed E-state index contributed by atoms with van der Waals surface area (Å²) in [6.45, 7) is 8.19. The van der Waals surface area contributed by atoms with E-state index in [1.165, 1.54) is 5.56 Å². The van der Waals surface area contributed by atoms with Crippen LogP contribution >= 0.6 is 0 Å². The van der Waals surface area contributed by atoms with Crippen molar-refractivity contribution in [1.82, 2.24) is 0 Å². The van der Waals surface area contributed by atoms with E-state index in [-0.39, 0.29) is 11.8 Å². The number of aliphatic hydroxyl groups is 1. The van der Waals surface area contributed by atoms with Crippen molar-refractivity contribution in [2.24, 2.45) is 5.92 Å². The van der Waals surface area contributed by atoms with E-state index in [1.807, 2.05) is 38.1 Å². The number of hydrogen-bond acceptors (Lipinski definition) is 2. The van der Waals surface area contributed by atoms with Crippen molar-refractivity contribution in [2.45, 2.75) is 26.1 Å². The van der Waals surface area contributed by atoms with Crippen molar-refractivity contribution in [3.05, 3.63) is 65.8 Å². The van der Waals surface area contributed by atoms with Gasteiger partial charge in [-0.2, -0.15) is 0 Å². The first-order valence-electron chi connectivity index (χ1n) is 7.48. The highest BCUT2D eigenvalue weighted by atomic mass is 16.6. The molecule has 1 aliphatic carbocycles. The number of aliphatic hydroxyl groups excluding tert-OH is 1. The predicted molar refractivity (Wildman–Crippen MR) is 91.1 cm³/mol. The van der Waals surface area contributed by atoms with Crippen molar-refractivity contribution < 1.29 is 9.84 Å². The Bertz CT molecular complexity index is 644. The number of rotatable bonds is 6. The Morgan fingerprint density at radius 2 is 2.14 bits per heavy atom. The topological polar surface area (TPSA) is 29.5 Å². The fourth-order valence-electron chi connectivity index (χ4n) is 2.70. The summed E-state index contributed by atoms with van der Waals surface area (Å²) in [7, 11) is 0. The van der Waals surface area contributed by atoms with Crippen LogP contribution in [0.25, 0.3) is 5.57 Å². The Morgan fingerprint density at radius 1 is 1.41 bits per heavy atom. The van der Waals surface area contributed by atoms with Crippen LogP contribution in [-0.4, -0.2) is 18.0 Å². The number of allylic oxidation sites excluding steroid dienone is 4. The summed E-state index contributed by atoms with van der Waals surface area (Å²) in [5.74, 6) is 2.65. The molecule has 0 bridgehead atoms. The minimum absolute atomic E-state index is 0.0576. The van der Waals surface area contributed by atoms with Crippen molar-refractivity contribution in [1.29, 1.82) is 0 Å². The van der Waals surface area contributed by atoms with Crippen LogP contribution in [0.1, 0.15) is 30.9 Å². The van der Waals surface area contributed by atoms with E-state index in [0.29, 0.717) is 6.61 Å². The van der Waals surface area contributed by atoms with Crippen LogP contribution < -0.4 is 0 Å². The van der Waals surface area contributed by atoms with Crippen LogP contribution in [0.2, 0.25) is 0 Å². The second kappa shape index (κ2) is 7.26. The van der Waals surface area contributed by atoms with Crippen LogP contribution in [0.5, 0.6) is 0 Å². The van der Waals surface area contributed by atoms with Gasteiger partial charge in [-0.05, 0) is 34.4 Å². The zero-order valence-electron chi connectivity index (χ0n) is 13.1. The second-order valence-corrected chi connectivity index (χ2v) is 5.68. The fourth-order valence-corrected chi connectivity index (χ4v) is 2.70. The second-order valence-electron chi connectivity index (χ2n) is 5.68. The minimum atomic E-state index is -0.766. The number of hydrogen-bond donors (Lipinski definition) is 1. The molecule has 2 rings (SSSR count). The molecule has 0 fully saturated rings. The van der Waals surface area contributed by atoms with E-state index in [9.17, 15) is 5.11 Å². The molecule has 0 aromatic heterocycles. The first kappa shape index (κ1) is 16.3. The predicted octanol–water partition coefficient (Wildman–Crippen LogP) is 3.90. The van der Waals surface area contributed by atoms with Crippen molar-refractivity contribution in [2.75, 3.05) is 6.61 Å². The smallest absolute Gasteiger partial charge is 0.156 e. The summed E-state index contributed by atoms with van der Waals surface area (Å²) < 4.78 is 5.65. The SMILES string of the molecule is C#C/C=C\C1=C(C=C)c2ccccc2C1COC(O)C(C)C. The molecule has 2 unspecified atom stereocenters. The quantitative estimate of drug-likeness (QED) is 0.637. The molecule has 2 atom stereocenters. The summed E-state index contributed by atoms with van der Waals surface area (Å²) in [5.41, 5.74) is 4.51. The highest BCUT2D eigenvalue weighted by molar-refractivity contribution is 5.86. The molecule has 0 aliphatic heterocycles. The highest BCUT2D eigenvalue weighted by Gasteiger charge is 2.29. The Balaban J connectivity index is 2.36. The van der Waals surface area contributed by atoms with Gasteiger partial charge in [-0.3, -0.25) is 0 Å². The molecular weight excluding hydrogens is 272 g/mol. The van der Waals surface area contributed by atoms with E-state index in [2.05, 4.69) is 24.6 Å². The van der Waals surface area contributed by atoms with Crippen LogP contribution in [0.3, 0.4) is 0 Å². The average molecular weight is 294 g/mol. The first-order chi connectivity index (χ1) is 10.6. The lowest BCUT2D eigenvalue weighted by Crippen LogP contribution is -2.22. The molecular formula is C20H22O2. The van der Waals surface area contributed by atoms with Gasteiger partial charge in [0.15, 0.2) is 6.29 Å². The van der Waals surface area contributed by atoms with Crippen LogP contribution in [0.4, 0.5) is 0 Å². The van der Waals surface area contributed by atoms with Crippen molar-refractivity contribution in [3.63, 3.8) is 0 Å². The third kappa shape index (κ3) is 3.22. The van der Waals surface area contributed by atoms with Crippen molar-refractivity contribution >= 4 is 5.57 Å².